The Kier molecular flexibility index (Phi) is 4.86. The molecule has 2 unspecified atom stereocenters. The lowest BCUT2D eigenvalue weighted by molar-refractivity contribution is -0.136. The van der Waals surface area contributed by atoms with Gasteiger partial charge in [-0.25, -0.2) is 0 Å². The largest absolute Gasteiger partial charge is 0.372 e. The van der Waals surface area contributed by atoms with E-state index in [0.717, 1.165) is 26.1 Å². The molecule has 2 aromatic carbocycles. The van der Waals surface area contributed by atoms with Crippen LogP contribution in [0.3, 0.4) is 0 Å². The first kappa shape index (κ1) is 19.3. The second kappa shape index (κ2) is 7.55. The molecule has 3 heterocycles. The Morgan fingerprint density at radius 3 is 2.80 bits per heavy atom. The van der Waals surface area contributed by atoms with Gasteiger partial charge in [-0.1, -0.05) is 18.2 Å². The van der Waals surface area contributed by atoms with Gasteiger partial charge in [-0.05, 0) is 52.8 Å². The number of hydrogen-bond acceptors (Lipinski definition) is 6. The minimum Gasteiger partial charge on any atom is -0.372 e. The maximum Gasteiger partial charge on any atom is 0.256 e. The van der Waals surface area contributed by atoms with Gasteiger partial charge in [0, 0.05) is 33.5 Å². The first-order chi connectivity index (χ1) is 14.5. The number of fused-ring (bicyclic) bond motifs is 2. The molecule has 3 aliphatic rings. The molecule has 154 valence electrons. The zero-order valence-corrected chi connectivity index (χ0v) is 18.2. The fourth-order valence-electron chi connectivity index (χ4n) is 4.30. The van der Waals surface area contributed by atoms with Gasteiger partial charge >= 0.3 is 0 Å². The third-order valence-corrected chi connectivity index (χ3v) is 6.59. The summed E-state index contributed by atoms with van der Waals surface area (Å²) in [5.41, 5.74) is 4.65. The summed E-state index contributed by atoms with van der Waals surface area (Å²) >= 11 is 2.18. The molecule has 1 saturated heterocycles. The van der Waals surface area contributed by atoms with E-state index >= 15 is 0 Å². The maximum atomic E-state index is 13.0. The van der Waals surface area contributed by atoms with E-state index in [4.69, 9.17) is 0 Å². The summed E-state index contributed by atoms with van der Waals surface area (Å²) in [6, 6.07) is 11.5. The first-order valence-electron chi connectivity index (χ1n) is 9.81. The maximum absolute atomic E-state index is 13.0. The number of carbonyl (C=O) groups excluding carboxylic acids is 3. The van der Waals surface area contributed by atoms with Crippen molar-refractivity contribution in [2.75, 3.05) is 17.3 Å². The number of hydrogen-bond donors (Lipinski definition) is 4. The lowest BCUT2D eigenvalue weighted by atomic mass is 10.0. The number of para-hydroxylation sites is 1. The molecule has 0 aromatic heterocycles. The van der Waals surface area contributed by atoms with Crippen LogP contribution in [0, 0.1) is 3.57 Å². The Labute approximate surface area is 186 Å². The van der Waals surface area contributed by atoms with Crippen LogP contribution in [0.2, 0.25) is 0 Å². The van der Waals surface area contributed by atoms with Crippen molar-refractivity contribution in [2.45, 2.75) is 31.6 Å². The number of nitrogens with one attached hydrogen (secondary N) is 4. The molecule has 30 heavy (non-hydrogen) atoms. The monoisotopic (exact) mass is 517 g/mol. The molecule has 9 heteroatoms. The summed E-state index contributed by atoms with van der Waals surface area (Å²) in [6.45, 7) is 1.01. The van der Waals surface area contributed by atoms with Crippen molar-refractivity contribution in [1.29, 1.82) is 0 Å². The van der Waals surface area contributed by atoms with Crippen LogP contribution >= 0.6 is 22.6 Å². The predicted molar refractivity (Wildman–Crippen MR) is 120 cm³/mol. The van der Waals surface area contributed by atoms with Gasteiger partial charge in [0.2, 0.25) is 11.8 Å². The molecule has 5 rings (SSSR count). The normalized spacial score (nSPS) is 22.8. The highest BCUT2D eigenvalue weighted by Gasteiger charge is 2.40. The van der Waals surface area contributed by atoms with Gasteiger partial charge in [-0.15, -0.1) is 0 Å². The summed E-state index contributed by atoms with van der Waals surface area (Å²) in [6.07, 6.45) is 0.558. The molecule has 4 N–H and O–H groups in total. The van der Waals surface area contributed by atoms with Crippen LogP contribution in [0.4, 0.5) is 11.4 Å². The van der Waals surface area contributed by atoms with Gasteiger partial charge in [-0.2, -0.15) is 0 Å². The molecular formula is C21H20IN5O3. The number of imide groups is 1. The van der Waals surface area contributed by atoms with Gasteiger partial charge in [-0.3, -0.25) is 25.0 Å². The average molecular weight is 517 g/mol. The van der Waals surface area contributed by atoms with Crippen molar-refractivity contribution in [2.24, 2.45) is 0 Å². The Morgan fingerprint density at radius 1 is 1.13 bits per heavy atom. The minimum atomic E-state index is -0.604. The number of benzene rings is 2. The molecule has 8 nitrogen and oxygen atoms in total. The summed E-state index contributed by atoms with van der Waals surface area (Å²) in [5, 5.41) is 12.6. The average Bonchev–Trinajstić information content (AvgIpc) is 3.05. The van der Waals surface area contributed by atoms with Crippen LogP contribution in [-0.4, -0.2) is 35.3 Å². The van der Waals surface area contributed by atoms with E-state index in [9.17, 15) is 14.4 Å². The number of nitrogens with zero attached hydrogens (tertiary/aromatic N) is 1. The first-order valence-corrected chi connectivity index (χ1v) is 10.9. The second-order valence-corrected chi connectivity index (χ2v) is 8.78. The van der Waals surface area contributed by atoms with Crippen molar-refractivity contribution >= 4 is 51.7 Å². The van der Waals surface area contributed by atoms with E-state index in [1.807, 2.05) is 30.3 Å². The van der Waals surface area contributed by atoms with Crippen molar-refractivity contribution in [1.82, 2.24) is 15.5 Å². The number of carbonyl (C=O) groups is 3. The highest BCUT2D eigenvalue weighted by Crippen LogP contribution is 2.34. The van der Waals surface area contributed by atoms with E-state index in [1.54, 1.807) is 4.90 Å². The Hall–Kier alpha value is -2.66. The molecule has 0 radical (unpaired) electrons. The summed E-state index contributed by atoms with van der Waals surface area (Å²) in [4.78, 5) is 38.3. The van der Waals surface area contributed by atoms with E-state index in [0.29, 0.717) is 25.2 Å². The fourth-order valence-corrected chi connectivity index (χ4v) is 5.22. The number of halogens is 1. The molecule has 1 fully saturated rings. The van der Waals surface area contributed by atoms with Crippen molar-refractivity contribution in [3.05, 3.63) is 56.7 Å². The van der Waals surface area contributed by atoms with E-state index in [1.165, 1.54) is 0 Å². The topological polar surface area (TPSA) is 103 Å². The highest BCUT2D eigenvalue weighted by atomic mass is 127. The number of rotatable bonds is 3. The second-order valence-electron chi connectivity index (χ2n) is 7.61. The summed E-state index contributed by atoms with van der Waals surface area (Å²) in [7, 11) is 0. The minimum absolute atomic E-state index is 0.0559. The van der Waals surface area contributed by atoms with Gasteiger partial charge in [0.05, 0.1) is 12.2 Å². The molecule has 0 saturated carbocycles. The molecule has 0 bridgehead atoms. The lowest BCUT2D eigenvalue weighted by Crippen LogP contribution is -2.52. The summed E-state index contributed by atoms with van der Waals surface area (Å²) in [5.74, 6) is -0.826. The van der Waals surface area contributed by atoms with Crippen molar-refractivity contribution in [3.8, 4) is 0 Å². The smallest absolute Gasteiger partial charge is 0.256 e. The van der Waals surface area contributed by atoms with Gasteiger partial charge in [0.15, 0.2) is 0 Å². The SMILES string of the molecule is O=C1CCC(N2Cc3cc(NC4NCNc5ccccc54)cc(I)c3C2=O)C(=O)N1. The van der Waals surface area contributed by atoms with Crippen LogP contribution < -0.4 is 21.3 Å². The molecular weight excluding hydrogens is 497 g/mol. The van der Waals surface area contributed by atoms with Gasteiger partial charge < -0.3 is 15.5 Å². The van der Waals surface area contributed by atoms with Crippen LogP contribution in [0.15, 0.2) is 36.4 Å². The zero-order valence-electron chi connectivity index (χ0n) is 16.0. The van der Waals surface area contributed by atoms with Crippen molar-refractivity contribution < 1.29 is 14.4 Å². The fraction of sp³-hybridized carbons (Fsp3) is 0.286. The van der Waals surface area contributed by atoms with Crippen LogP contribution in [0.25, 0.3) is 0 Å². The molecule has 0 spiro atoms. The molecule has 3 aliphatic heterocycles. The number of amides is 3. The number of piperidine rings is 1. The van der Waals surface area contributed by atoms with E-state index in [-0.39, 0.29) is 24.4 Å². The lowest BCUT2D eigenvalue weighted by Gasteiger charge is -2.29. The van der Waals surface area contributed by atoms with Crippen LogP contribution in [0.5, 0.6) is 0 Å². The van der Waals surface area contributed by atoms with Crippen LogP contribution in [-0.2, 0) is 16.1 Å². The summed E-state index contributed by atoms with van der Waals surface area (Å²) < 4.78 is 0.842. The molecule has 2 atom stereocenters. The van der Waals surface area contributed by atoms with Crippen molar-refractivity contribution in [3.63, 3.8) is 0 Å². The molecule has 2 aromatic rings. The third kappa shape index (κ3) is 3.31. The van der Waals surface area contributed by atoms with Gasteiger partial charge in [0.1, 0.15) is 12.2 Å². The Bertz CT molecular complexity index is 1070. The predicted octanol–water partition coefficient (Wildman–Crippen LogP) is 2.14. The third-order valence-electron chi connectivity index (χ3n) is 5.74. The van der Waals surface area contributed by atoms with Gasteiger partial charge in [0.25, 0.3) is 5.91 Å². The Balaban J connectivity index is 1.40. The Morgan fingerprint density at radius 2 is 1.97 bits per heavy atom. The van der Waals surface area contributed by atoms with E-state index in [2.05, 4.69) is 49.9 Å². The quantitative estimate of drug-likeness (QED) is 0.368. The number of anilines is 2. The van der Waals surface area contributed by atoms with E-state index < -0.39 is 11.9 Å². The molecule has 0 aliphatic carbocycles. The zero-order chi connectivity index (χ0) is 20.8. The standard InChI is InChI=1S/C21H20IN5O3/c22-14-8-12(25-19-13-3-1-2-4-15(13)23-10-24-19)7-11-9-27(21(30)18(11)14)16-5-6-17(28)26-20(16)29/h1-4,7-8,16,19,23-25H,5-6,9-10H2,(H,26,28,29). The molecule has 3 amide bonds. The highest BCUT2D eigenvalue weighted by molar-refractivity contribution is 14.1. The van der Waals surface area contributed by atoms with Crippen LogP contribution in [0.1, 0.15) is 40.5 Å².